The second-order valence-electron chi connectivity index (χ2n) is 5.91. The lowest BCUT2D eigenvalue weighted by molar-refractivity contribution is 0.102. The molecular weight excluding hydrogens is 371 g/mol. The standard InChI is InChI=1S/C17H17FN6O2S/c1-9(8-25)23-27-17-14-12(3-4-20-14)15(24(17)2)16(26)22-10-5-11(7-19)21-13(18)6-10/h3-6,9,20,23,25H,8H2,1-2H3,(H,21,22,26). The smallest absolute Gasteiger partial charge is 0.273 e. The van der Waals surface area contributed by atoms with E-state index in [4.69, 9.17) is 10.4 Å². The summed E-state index contributed by atoms with van der Waals surface area (Å²) >= 11 is 1.30. The molecule has 0 aliphatic carbocycles. The highest BCUT2D eigenvalue weighted by Gasteiger charge is 2.22. The highest BCUT2D eigenvalue weighted by atomic mass is 32.2. The van der Waals surface area contributed by atoms with Crippen LogP contribution >= 0.6 is 11.9 Å². The molecule has 3 heterocycles. The molecule has 3 aromatic heterocycles. The average molecular weight is 388 g/mol. The average Bonchev–Trinajstić information content (AvgIpc) is 3.19. The zero-order chi connectivity index (χ0) is 19.6. The van der Waals surface area contributed by atoms with Gasteiger partial charge in [0.05, 0.1) is 12.1 Å². The van der Waals surface area contributed by atoms with Crippen LogP contribution in [0.1, 0.15) is 23.1 Å². The number of nitriles is 1. The molecule has 10 heteroatoms. The van der Waals surface area contributed by atoms with Crippen molar-refractivity contribution in [3.63, 3.8) is 0 Å². The molecule has 0 bridgehead atoms. The van der Waals surface area contributed by atoms with E-state index >= 15 is 0 Å². The summed E-state index contributed by atoms with van der Waals surface area (Å²) in [5.41, 5.74) is 1.17. The Bertz CT molecular complexity index is 1040. The van der Waals surface area contributed by atoms with Gasteiger partial charge in [0.15, 0.2) is 0 Å². The summed E-state index contributed by atoms with van der Waals surface area (Å²) in [5.74, 6) is -1.29. The first-order valence-electron chi connectivity index (χ1n) is 8.02. The third-order valence-corrected chi connectivity index (χ3v) is 5.06. The van der Waals surface area contributed by atoms with Crippen molar-refractivity contribution in [2.45, 2.75) is 18.0 Å². The molecule has 3 rings (SSSR count). The van der Waals surface area contributed by atoms with Crippen molar-refractivity contribution in [3.8, 4) is 6.07 Å². The number of halogens is 1. The van der Waals surface area contributed by atoms with Crippen LogP contribution in [0, 0.1) is 17.3 Å². The second kappa shape index (κ2) is 7.79. The molecule has 0 aromatic carbocycles. The van der Waals surface area contributed by atoms with Gasteiger partial charge < -0.3 is 20.0 Å². The largest absolute Gasteiger partial charge is 0.395 e. The molecule has 8 nitrogen and oxygen atoms in total. The van der Waals surface area contributed by atoms with Crippen LogP contribution in [0.3, 0.4) is 0 Å². The third kappa shape index (κ3) is 3.80. The van der Waals surface area contributed by atoms with Crippen LogP contribution < -0.4 is 10.0 Å². The number of H-pyrrole nitrogens is 1. The number of pyridine rings is 1. The monoisotopic (exact) mass is 388 g/mol. The normalized spacial score (nSPS) is 12.1. The number of hydrogen-bond acceptors (Lipinski definition) is 6. The number of aliphatic hydroxyl groups is 1. The summed E-state index contributed by atoms with van der Waals surface area (Å²) in [7, 11) is 1.74. The van der Waals surface area contributed by atoms with Gasteiger partial charge >= 0.3 is 0 Å². The van der Waals surface area contributed by atoms with E-state index in [9.17, 15) is 9.18 Å². The maximum Gasteiger partial charge on any atom is 0.273 e. The number of aromatic amines is 1. The van der Waals surface area contributed by atoms with Gasteiger partial charge in [0, 0.05) is 36.4 Å². The van der Waals surface area contributed by atoms with E-state index in [1.165, 1.54) is 18.0 Å². The molecule has 0 aliphatic rings. The van der Waals surface area contributed by atoms with E-state index in [0.29, 0.717) is 11.1 Å². The van der Waals surface area contributed by atoms with E-state index < -0.39 is 11.9 Å². The van der Waals surface area contributed by atoms with E-state index in [1.807, 2.05) is 6.92 Å². The summed E-state index contributed by atoms with van der Waals surface area (Å²) < 4.78 is 18.3. The fourth-order valence-corrected chi connectivity index (χ4v) is 3.48. The Morgan fingerprint density at radius 3 is 3.04 bits per heavy atom. The van der Waals surface area contributed by atoms with Crippen LogP contribution in [0.15, 0.2) is 29.4 Å². The summed E-state index contributed by atoms with van der Waals surface area (Å²) in [4.78, 5) is 19.3. The Hall–Kier alpha value is -2.87. The topological polar surface area (TPSA) is 119 Å². The minimum Gasteiger partial charge on any atom is -0.395 e. The Labute approximate surface area is 158 Å². The Morgan fingerprint density at radius 1 is 1.56 bits per heavy atom. The van der Waals surface area contributed by atoms with Crippen molar-refractivity contribution in [2.24, 2.45) is 7.05 Å². The summed E-state index contributed by atoms with van der Waals surface area (Å²) in [6, 6.07) is 5.75. The van der Waals surface area contributed by atoms with Crippen LogP contribution in [-0.2, 0) is 7.05 Å². The molecule has 1 unspecified atom stereocenters. The van der Waals surface area contributed by atoms with Crippen molar-refractivity contribution < 1.29 is 14.3 Å². The number of amides is 1. The van der Waals surface area contributed by atoms with Crippen molar-refractivity contribution in [1.29, 1.82) is 5.26 Å². The number of fused-ring (bicyclic) bond motifs is 1. The molecule has 1 atom stereocenters. The Morgan fingerprint density at radius 2 is 2.33 bits per heavy atom. The van der Waals surface area contributed by atoms with Crippen molar-refractivity contribution >= 4 is 34.4 Å². The number of hydrogen-bond donors (Lipinski definition) is 4. The Kier molecular flexibility index (Phi) is 5.46. The number of carbonyl (C=O) groups excluding carboxylic acids is 1. The molecule has 0 spiro atoms. The van der Waals surface area contributed by atoms with Gasteiger partial charge in [0.2, 0.25) is 5.95 Å². The van der Waals surface area contributed by atoms with Gasteiger partial charge in [-0.1, -0.05) is 0 Å². The fraction of sp³-hybridized carbons (Fsp3) is 0.235. The molecule has 0 radical (unpaired) electrons. The summed E-state index contributed by atoms with van der Waals surface area (Å²) in [5, 5.41) is 22.1. The number of nitrogens with zero attached hydrogens (tertiary/aromatic N) is 3. The fourth-order valence-electron chi connectivity index (χ4n) is 2.60. The van der Waals surface area contributed by atoms with E-state index in [-0.39, 0.29) is 24.0 Å². The van der Waals surface area contributed by atoms with Crippen molar-refractivity contribution in [3.05, 3.63) is 41.7 Å². The van der Waals surface area contributed by atoms with E-state index in [0.717, 1.165) is 16.6 Å². The third-order valence-electron chi connectivity index (χ3n) is 3.87. The molecule has 140 valence electrons. The highest BCUT2D eigenvalue weighted by molar-refractivity contribution is 7.97. The van der Waals surface area contributed by atoms with Crippen LogP contribution in [0.2, 0.25) is 0 Å². The number of aliphatic hydroxyl groups excluding tert-OH is 1. The van der Waals surface area contributed by atoms with Crippen LogP contribution in [0.5, 0.6) is 0 Å². The predicted molar refractivity (Wildman–Crippen MR) is 99.7 cm³/mol. The van der Waals surface area contributed by atoms with Gasteiger partial charge in [-0.05, 0) is 31.0 Å². The number of carbonyl (C=O) groups is 1. The summed E-state index contributed by atoms with van der Waals surface area (Å²) in [6.07, 6.45) is 1.72. The maximum absolute atomic E-state index is 13.5. The van der Waals surface area contributed by atoms with Crippen molar-refractivity contribution in [2.75, 3.05) is 11.9 Å². The molecule has 3 aromatic rings. The van der Waals surface area contributed by atoms with Gasteiger partial charge in [-0.3, -0.25) is 9.52 Å². The minimum absolute atomic E-state index is 0.0204. The zero-order valence-corrected chi connectivity index (χ0v) is 15.4. The lowest BCUT2D eigenvalue weighted by atomic mass is 10.2. The first-order chi connectivity index (χ1) is 12.9. The first-order valence-corrected chi connectivity index (χ1v) is 8.84. The van der Waals surface area contributed by atoms with E-state index in [1.54, 1.807) is 29.9 Å². The molecule has 0 saturated heterocycles. The number of nitrogens with one attached hydrogen (secondary N) is 3. The highest BCUT2D eigenvalue weighted by Crippen LogP contribution is 2.31. The molecule has 4 N–H and O–H groups in total. The SMILES string of the molecule is CC(CO)NSc1c2[nH]ccc2c(C(=O)Nc2cc(F)nc(C#N)c2)n1C. The lowest BCUT2D eigenvalue weighted by Gasteiger charge is -2.12. The van der Waals surface area contributed by atoms with Gasteiger partial charge in [0.25, 0.3) is 5.91 Å². The van der Waals surface area contributed by atoms with Gasteiger partial charge in [-0.2, -0.15) is 9.65 Å². The maximum atomic E-state index is 13.5. The molecule has 0 aliphatic heterocycles. The van der Waals surface area contributed by atoms with Crippen LogP contribution in [0.4, 0.5) is 10.1 Å². The van der Waals surface area contributed by atoms with Crippen molar-refractivity contribution in [1.82, 2.24) is 19.3 Å². The predicted octanol–water partition coefficient (Wildman–Crippen LogP) is 2.14. The van der Waals surface area contributed by atoms with Crippen LogP contribution in [-0.4, -0.2) is 38.2 Å². The molecular formula is C17H17FN6O2S. The Balaban J connectivity index is 1.93. The minimum atomic E-state index is -0.846. The number of rotatable bonds is 6. The number of aromatic nitrogens is 3. The molecule has 0 saturated carbocycles. The van der Waals surface area contributed by atoms with Gasteiger partial charge in [-0.25, -0.2) is 4.98 Å². The summed E-state index contributed by atoms with van der Waals surface area (Å²) in [6.45, 7) is 1.81. The van der Waals surface area contributed by atoms with Crippen LogP contribution in [0.25, 0.3) is 10.9 Å². The first kappa shape index (κ1) is 18.9. The molecule has 1 amide bonds. The second-order valence-corrected chi connectivity index (χ2v) is 6.74. The van der Waals surface area contributed by atoms with Gasteiger partial charge in [-0.15, -0.1) is 0 Å². The quantitative estimate of drug-likeness (QED) is 0.379. The number of anilines is 1. The molecule has 27 heavy (non-hydrogen) atoms. The zero-order valence-electron chi connectivity index (χ0n) is 14.6. The molecule has 0 fully saturated rings. The lowest BCUT2D eigenvalue weighted by Crippen LogP contribution is -2.23. The van der Waals surface area contributed by atoms with Gasteiger partial charge in [0.1, 0.15) is 22.5 Å². The van der Waals surface area contributed by atoms with E-state index in [2.05, 4.69) is 20.0 Å².